The molecule has 2 aliphatic rings. The first-order chi connectivity index (χ1) is 9.24. The number of rotatable bonds is 2. The van der Waals surface area contributed by atoms with Gasteiger partial charge in [0.2, 0.25) is 5.91 Å². The van der Waals surface area contributed by atoms with E-state index in [1.54, 1.807) is 0 Å². The van der Waals surface area contributed by atoms with Crippen molar-refractivity contribution in [1.29, 1.82) is 0 Å². The molecule has 3 nitrogen and oxygen atoms in total. The summed E-state index contributed by atoms with van der Waals surface area (Å²) in [5, 5.41) is 0. The molecule has 1 aromatic rings. The molecule has 1 amide bonds. The number of hydrogen-bond donors (Lipinski definition) is 0. The maximum absolute atomic E-state index is 12.3. The Balaban J connectivity index is 1.67. The van der Waals surface area contributed by atoms with Gasteiger partial charge in [-0.05, 0) is 30.5 Å². The van der Waals surface area contributed by atoms with E-state index in [0.717, 1.165) is 29.4 Å². The second-order valence-corrected chi connectivity index (χ2v) is 6.24. The number of amides is 1. The molecule has 0 N–H and O–H groups in total. The van der Waals surface area contributed by atoms with Crippen molar-refractivity contribution in [1.82, 2.24) is 4.90 Å². The van der Waals surface area contributed by atoms with Crippen LogP contribution in [0.4, 0.5) is 0 Å². The highest BCUT2D eigenvalue weighted by Crippen LogP contribution is 2.30. The summed E-state index contributed by atoms with van der Waals surface area (Å²) >= 11 is 3.44. The van der Waals surface area contributed by atoms with Gasteiger partial charge in [-0.3, -0.25) is 4.79 Å². The van der Waals surface area contributed by atoms with Crippen molar-refractivity contribution in [2.24, 2.45) is 5.92 Å². The summed E-state index contributed by atoms with van der Waals surface area (Å²) in [6.45, 7) is 2.07. The van der Waals surface area contributed by atoms with Crippen LogP contribution in [-0.2, 0) is 9.53 Å². The van der Waals surface area contributed by atoms with Gasteiger partial charge in [0.05, 0.1) is 13.2 Å². The van der Waals surface area contributed by atoms with Crippen LogP contribution in [-0.4, -0.2) is 30.5 Å². The van der Waals surface area contributed by atoms with Crippen LogP contribution in [0.3, 0.4) is 0 Å². The lowest BCUT2D eigenvalue weighted by atomic mass is 9.84. The van der Waals surface area contributed by atoms with Gasteiger partial charge in [-0.1, -0.05) is 34.5 Å². The zero-order valence-corrected chi connectivity index (χ0v) is 12.4. The fraction of sp³-hybridized carbons (Fsp3) is 0.533. The van der Waals surface area contributed by atoms with Crippen LogP contribution in [0.2, 0.25) is 0 Å². The Bertz CT molecular complexity index is 456. The van der Waals surface area contributed by atoms with Crippen molar-refractivity contribution in [3.8, 4) is 0 Å². The van der Waals surface area contributed by atoms with E-state index >= 15 is 0 Å². The molecule has 1 atom stereocenters. The molecule has 1 saturated carbocycles. The largest absolute Gasteiger partial charge is 0.370 e. The predicted molar refractivity (Wildman–Crippen MR) is 76.8 cm³/mol. The third-order valence-corrected chi connectivity index (χ3v) is 4.60. The van der Waals surface area contributed by atoms with Gasteiger partial charge in [-0.15, -0.1) is 0 Å². The van der Waals surface area contributed by atoms with E-state index in [2.05, 4.69) is 28.1 Å². The van der Waals surface area contributed by atoms with E-state index in [1.807, 2.05) is 17.0 Å². The summed E-state index contributed by atoms with van der Waals surface area (Å²) in [6.07, 6.45) is 3.36. The van der Waals surface area contributed by atoms with E-state index < -0.39 is 0 Å². The summed E-state index contributed by atoms with van der Waals surface area (Å²) < 4.78 is 6.87. The lowest BCUT2D eigenvalue weighted by Crippen LogP contribution is -2.46. The van der Waals surface area contributed by atoms with Crippen molar-refractivity contribution in [3.63, 3.8) is 0 Å². The minimum Gasteiger partial charge on any atom is -0.370 e. The number of halogens is 1. The van der Waals surface area contributed by atoms with Crippen LogP contribution in [0.5, 0.6) is 0 Å². The lowest BCUT2D eigenvalue weighted by Gasteiger charge is -2.37. The molecular formula is C15H18BrNO2. The Kier molecular flexibility index (Phi) is 3.89. The van der Waals surface area contributed by atoms with Gasteiger partial charge in [0.1, 0.15) is 6.10 Å². The summed E-state index contributed by atoms with van der Waals surface area (Å²) in [5.41, 5.74) is 1.15. The number of ether oxygens (including phenoxy) is 1. The SMILES string of the molecule is O=C(C1CCC1)N1CCOC(c2ccc(Br)cc2)C1. The van der Waals surface area contributed by atoms with Crippen LogP contribution in [0.25, 0.3) is 0 Å². The summed E-state index contributed by atoms with van der Waals surface area (Å²) in [7, 11) is 0. The molecular weight excluding hydrogens is 306 g/mol. The van der Waals surface area contributed by atoms with Crippen molar-refractivity contribution >= 4 is 21.8 Å². The average molecular weight is 324 g/mol. The Labute approximate surface area is 122 Å². The number of nitrogens with zero attached hydrogens (tertiary/aromatic N) is 1. The topological polar surface area (TPSA) is 29.5 Å². The first kappa shape index (κ1) is 13.1. The molecule has 1 aliphatic carbocycles. The molecule has 1 aromatic carbocycles. The second kappa shape index (κ2) is 5.63. The fourth-order valence-corrected chi connectivity index (χ4v) is 2.91. The minimum absolute atomic E-state index is 0.0193. The quantitative estimate of drug-likeness (QED) is 0.836. The van der Waals surface area contributed by atoms with Gasteiger partial charge in [0.15, 0.2) is 0 Å². The van der Waals surface area contributed by atoms with E-state index in [4.69, 9.17) is 4.74 Å². The molecule has 1 saturated heterocycles. The summed E-state index contributed by atoms with van der Waals surface area (Å²) in [6, 6.07) is 8.16. The molecule has 0 radical (unpaired) electrons. The van der Waals surface area contributed by atoms with Crippen LogP contribution >= 0.6 is 15.9 Å². The van der Waals surface area contributed by atoms with E-state index in [0.29, 0.717) is 19.1 Å². The monoisotopic (exact) mass is 323 g/mol. The molecule has 1 unspecified atom stereocenters. The van der Waals surface area contributed by atoms with Crippen molar-refractivity contribution in [2.75, 3.05) is 19.7 Å². The van der Waals surface area contributed by atoms with Gasteiger partial charge in [0, 0.05) is 16.9 Å². The van der Waals surface area contributed by atoms with Crippen molar-refractivity contribution in [2.45, 2.75) is 25.4 Å². The summed E-state index contributed by atoms with van der Waals surface area (Å²) in [4.78, 5) is 14.3. The number of hydrogen-bond acceptors (Lipinski definition) is 2. The number of morpholine rings is 1. The van der Waals surface area contributed by atoms with Crippen molar-refractivity contribution < 1.29 is 9.53 Å². The van der Waals surface area contributed by atoms with Crippen LogP contribution in [0, 0.1) is 5.92 Å². The zero-order valence-electron chi connectivity index (χ0n) is 10.8. The lowest BCUT2D eigenvalue weighted by molar-refractivity contribution is -0.146. The smallest absolute Gasteiger partial charge is 0.225 e. The zero-order chi connectivity index (χ0) is 13.2. The number of carbonyl (C=O) groups excluding carboxylic acids is 1. The minimum atomic E-state index is 0.0193. The van der Waals surface area contributed by atoms with Crippen LogP contribution < -0.4 is 0 Å². The average Bonchev–Trinajstić information content (AvgIpc) is 2.38. The molecule has 0 bridgehead atoms. The highest BCUT2D eigenvalue weighted by Gasteiger charge is 2.32. The van der Waals surface area contributed by atoms with Gasteiger partial charge in [0.25, 0.3) is 0 Å². The third-order valence-electron chi connectivity index (χ3n) is 4.07. The molecule has 1 aliphatic heterocycles. The molecule has 2 fully saturated rings. The Morgan fingerprint density at radius 2 is 2.00 bits per heavy atom. The van der Waals surface area contributed by atoms with Gasteiger partial charge < -0.3 is 9.64 Å². The molecule has 0 aromatic heterocycles. The summed E-state index contributed by atoms with van der Waals surface area (Å²) in [5.74, 6) is 0.611. The van der Waals surface area contributed by atoms with Gasteiger partial charge in [-0.25, -0.2) is 0 Å². The second-order valence-electron chi connectivity index (χ2n) is 5.32. The number of benzene rings is 1. The first-order valence-electron chi connectivity index (χ1n) is 6.90. The molecule has 1 heterocycles. The standard InChI is InChI=1S/C15H18BrNO2/c16-13-6-4-11(5-7-13)14-10-17(8-9-19-14)15(18)12-2-1-3-12/h4-7,12,14H,1-3,8-10H2. The normalized spacial score (nSPS) is 24.1. The highest BCUT2D eigenvalue weighted by molar-refractivity contribution is 9.10. The molecule has 0 spiro atoms. The van der Waals surface area contributed by atoms with Crippen LogP contribution in [0.15, 0.2) is 28.7 Å². The molecule has 19 heavy (non-hydrogen) atoms. The Morgan fingerprint density at radius 3 is 2.63 bits per heavy atom. The van der Waals surface area contributed by atoms with E-state index in [1.165, 1.54) is 6.42 Å². The molecule has 102 valence electrons. The van der Waals surface area contributed by atoms with Crippen molar-refractivity contribution in [3.05, 3.63) is 34.3 Å². The Hall–Kier alpha value is -0.870. The first-order valence-corrected chi connectivity index (χ1v) is 7.69. The predicted octanol–water partition coefficient (Wildman–Crippen LogP) is 3.15. The van der Waals surface area contributed by atoms with E-state index in [9.17, 15) is 4.79 Å². The number of carbonyl (C=O) groups is 1. The van der Waals surface area contributed by atoms with E-state index in [-0.39, 0.29) is 12.0 Å². The fourth-order valence-electron chi connectivity index (χ4n) is 2.64. The third kappa shape index (κ3) is 2.84. The molecule has 4 heteroatoms. The maximum atomic E-state index is 12.3. The molecule has 3 rings (SSSR count). The Morgan fingerprint density at radius 1 is 1.26 bits per heavy atom. The van der Waals surface area contributed by atoms with Crippen LogP contribution in [0.1, 0.15) is 30.9 Å². The van der Waals surface area contributed by atoms with Gasteiger partial charge in [-0.2, -0.15) is 0 Å². The van der Waals surface area contributed by atoms with Gasteiger partial charge >= 0.3 is 0 Å². The highest BCUT2D eigenvalue weighted by atomic mass is 79.9. The maximum Gasteiger partial charge on any atom is 0.225 e.